The van der Waals surface area contributed by atoms with E-state index >= 15 is 0 Å². The molecule has 0 fully saturated rings. The molecule has 0 unspecified atom stereocenters. The first-order valence-corrected chi connectivity index (χ1v) is 19.1. The van der Waals surface area contributed by atoms with E-state index < -0.39 is 0 Å². The van der Waals surface area contributed by atoms with Gasteiger partial charge in [-0.15, -0.1) is 22.7 Å². The van der Waals surface area contributed by atoms with Gasteiger partial charge in [-0.2, -0.15) is 0 Å². The van der Waals surface area contributed by atoms with Crippen molar-refractivity contribution in [2.24, 2.45) is 0 Å². The van der Waals surface area contributed by atoms with Crippen LogP contribution in [0, 0.1) is 0 Å². The van der Waals surface area contributed by atoms with Crippen LogP contribution in [0.3, 0.4) is 0 Å². The van der Waals surface area contributed by atoms with Gasteiger partial charge in [-0.25, -0.2) is 0 Å². The van der Waals surface area contributed by atoms with Crippen LogP contribution in [0.1, 0.15) is 0 Å². The number of furan rings is 1. The third kappa shape index (κ3) is 4.62. The predicted molar refractivity (Wildman–Crippen MR) is 225 cm³/mol. The highest BCUT2D eigenvalue weighted by molar-refractivity contribution is 7.26. The molecule has 3 heterocycles. The van der Waals surface area contributed by atoms with Gasteiger partial charge in [-0.3, -0.25) is 0 Å². The van der Waals surface area contributed by atoms with Gasteiger partial charge in [-0.05, 0) is 89.0 Å². The molecule has 11 aromatic rings. The molecule has 3 aromatic heterocycles. The van der Waals surface area contributed by atoms with Crippen LogP contribution >= 0.6 is 22.7 Å². The van der Waals surface area contributed by atoms with E-state index in [0.717, 1.165) is 44.6 Å². The molecule has 11 rings (SSSR count). The highest BCUT2D eigenvalue weighted by Crippen LogP contribution is 2.50. The lowest BCUT2D eigenvalue weighted by molar-refractivity contribution is 0.669. The van der Waals surface area contributed by atoms with Crippen molar-refractivity contribution in [2.45, 2.75) is 0 Å². The zero-order chi connectivity index (χ0) is 34.2. The number of fused-ring (bicyclic) bond motifs is 9. The molecule has 0 N–H and O–H groups in total. The van der Waals surface area contributed by atoms with Gasteiger partial charge in [0.2, 0.25) is 0 Å². The van der Waals surface area contributed by atoms with Gasteiger partial charge in [0.05, 0.1) is 5.69 Å². The third-order valence-corrected chi connectivity index (χ3v) is 12.6. The Balaban J connectivity index is 1.18. The molecule has 8 aromatic carbocycles. The maximum atomic E-state index is 6.52. The zero-order valence-corrected chi connectivity index (χ0v) is 29.5. The van der Waals surface area contributed by atoms with Gasteiger partial charge in [-0.1, -0.05) is 109 Å². The number of anilines is 3. The summed E-state index contributed by atoms with van der Waals surface area (Å²) in [6.07, 6.45) is 0. The third-order valence-electron chi connectivity index (χ3n) is 10.3. The van der Waals surface area contributed by atoms with Gasteiger partial charge < -0.3 is 9.32 Å². The fraction of sp³-hybridized carbons (Fsp3) is 0. The summed E-state index contributed by atoms with van der Waals surface area (Å²) in [6, 6.07) is 63.7. The number of nitrogens with zero attached hydrogens (tertiary/aromatic N) is 1. The Kier molecular flexibility index (Phi) is 6.63. The number of thiophene rings is 2. The molecule has 4 heteroatoms. The van der Waals surface area contributed by atoms with Gasteiger partial charge in [0.15, 0.2) is 0 Å². The molecule has 2 nitrogen and oxygen atoms in total. The minimum absolute atomic E-state index is 0.883. The van der Waals surface area contributed by atoms with Crippen LogP contribution in [0.2, 0.25) is 0 Å². The second-order valence-corrected chi connectivity index (χ2v) is 15.4. The normalized spacial score (nSPS) is 11.8. The number of benzene rings is 8. The van der Waals surface area contributed by atoms with Crippen molar-refractivity contribution in [1.82, 2.24) is 0 Å². The molecule has 52 heavy (non-hydrogen) atoms. The monoisotopic (exact) mass is 699 g/mol. The topological polar surface area (TPSA) is 16.4 Å². The van der Waals surface area contributed by atoms with Crippen LogP contribution in [0.4, 0.5) is 17.1 Å². The smallest absolute Gasteiger partial charge is 0.136 e. The van der Waals surface area contributed by atoms with E-state index in [2.05, 4.69) is 181 Å². The Morgan fingerprint density at radius 3 is 1.85 bits per heavy atom. The number of hydrogen-bond donors (Lipinski definition) is 0. The maximum absolute atomic E-state index is 6.52. The minimum atomic E-state index is 0.883. The molecule has 0 atom stereocenters. The lowest BCUT2D eigenvalue weighted by Gasteiger charge is -2.27. The van der Waals surface area contributed by atoms with Crippen LogP contribution < -0.4 is 4.90 Å². The first-order chi connectivity index (χ1) is 25.8. The molecule has 0 amide bonds. The average molecular weight is 700 g/mol. The molecular weight excluding hydrogens is 671 g/mol. The quantitative estimate of drug-likeness (QED) is 0.178. The van der Waals surface area contributed by atoms with E-state index in [1.54, 1.807) is 0 Å². The van der Waals surface area contributed by atoms with Gasteiger partial charge >= 0.3 is 0 Å². The van der Waals surface area contributed by atoms with Crippen molar-refractivity contribution in [3.8, 4) is 22.3 Å². The van der Waals surface area contributed by atoms with E-state index in [1.807, 2.05) is 22.7 Å². The van der Waals surface area contributed by atoms with E-state index in [0.29, 0.717) is 0 Å². The van der Waals surface area contributed by atoms with Crippen LogP contribution in [-0.4, -0.2) is 0 Å². The summed E-state index contributed by atoms with van der Waals surface area (Å²) in [5, 5.41) is 7.32. The molecule has 0 aliphatic rings. The van der Waals surface area contributed by atoms with E-state index in [1.165, 1.54) is 57.0 Å². The van der Waals surface area contributed by atoms with Crippen LogP contribution in [0.15, 0.2) is 180 Å². The molecule has 0 radical (unpaired) electrons. The molecule has 0 aliphatic carbocycles. The molecule has 0 bridgehead atoms. The van der Waals surface area contributed by atoms with E-state index in [4.69, 9.17) is 4.42 Å². The first kappa shape index (κ1) is 29.5. The Hall–Kier alpha value is -6.20. The summed E-state index contributed by atoms with van der Waals surface area (Å²) in [5.41, 5.74) is 9.95. The molecule has 244 valence electrons. The van der Waals surface area contributed by atoms with Crippen molar-refractivity contribution in [2.75, 3.05) is 4.90 Å². The highest BCUT2D eigenvalue weighted by Gasteiger charge is 2.23. The van der Waals surface area contributed by atoms with Crippen LogP contribution in [0.25, 0.3) is 84.5 Å². The van der Waals surface area contributed by atoms with Crippen LogP contribution in [0.5, 0.6) is 0 Å². The van der Waals surface area contributed by atoms with Crippen molar-refractivity contribution < 1.29 is 4.42 Å². The number of hydrogen-bond acceptors (Lipinski definition) is 4. The summed E-state index contributed by atoms with van der Waals surface area (Å²) in [7, 11) is 0. The molecule has 0 spiro atoms. The van der Waals surface area contributed by atoms with Crippen molar-refractivity contribution >= 4 is 102 Å². The minimum Gasteiger partial charge on any atom is -0.456 e. The number of rotatable bonds is 5. The first-order valence-electron chi connectivity index (χ1n) is 17.5. The summed E-state index contributed by atoms with van der Waals surface area (Å²) in [6.45, 7) is 0. The molecule has 0 saturated heterocycles. The summed E-state index contributed by atoms with van der Waals surface area (Å²) < 4.78 is 11.7. The van der Waals surface area contributed by atoms with Gasteiger partial charge in [0, 0.05) is 62.5 Å². The molecular formula is C48H29NOS2. The van der Waals surface area contributed by atoms with Crippen molar-refractivity contribution in [3.05, 3.63) is 176 Å². The Labute approximate surface area is 308 Å². The standard InChI is InChI=1S/C48H29NOS2/c1-3-11-30(12-4-1)32-19-22-36-39-28-33(20-25-42(39)50-43(36)27-32)49(34-21-26-46-40(29-34)37-15-7-9-17-44(37)51-46)41-24-23-35(31-13-5-2-6-14-31)48-47(41)38-16-8-10-18-45(38)52-48/h1-29H. The van der Waals surface area contributed by atoms with Crippen LogP contribution in [-0.2, 0) is 0 Å². The lowest BCUT2D eigenvalue weighted by atomic mass is 10.00. The molecule has 0 saturated carbocycles. The maximum Gasteiger partial charge on any atom is 0.136 e. The Morgan fingerprint density at radius 1 is 0.385 bits per heavy atom. The zero-order valence-electron chi connectivity index (χ0n) is 27.9. The summed E-state index contributed by atoms with van der Waals surface area (Å²) in [4.78, 5) is 2.46. The van der Waals surface area contributed by atoms with Crippen molar-refractivity contribution in [3.63, 3.8) is 0 Å². The van der Waals surface area contributed by atoms with Gasteiger partial charge in [0.1, 0.15) is 11.2 Å². The Morgan fingerprint density at radius 2 is 1.04 bits per heavy atom. The van der Waals surface area contributed by atoms with E-state index in [-0.39, 0.29) is 0 Å². The fourth-order valence-corrected chi connectivity index (χ4v) is 10.2. The predicted octanol–water partition coefficient (Wildman–Crippen LogP) is 15.1. The van der Waals surface area contributed by atoms with Crippen molar-refractivity contribution in [1.29, 1.82) is 0 Å². The second kappa shape index (κ2) is 11.7. The lowest BCUT2D eigenvalue weighted by Crippen LogP contribution is -2.10. The average Bonchev–Trinajstić information content (AvgIpc) is 3.90. The Bertz CT molecular complexity index is 3130. The summed E-state index contributed by atoms with van der Waals surface area (Å²) >= 11 is 3.73. The molecule has 0 aliphatic heterocycles. The second-order valence-electron chi connectivity index (χ2n) is 13.3. The van der Waals surface area contributed by atoms with Gasteiger partial charge in [0.25, 0.3) is 0 Å². The SMILES string of the molecule is c1ccc(-c2ccc3c(c2)oc2ccc(N(c4ccc5sc6ccccc6c5c4)c4ccc(-c5ccccc5)c5sc6ccccc6c45)cc23)cc1. The highest BCUT2D eigenvalue weighted by atomic mass is 32.1. The largest absolute Gasteiger partial charge is 0.456 e. The fourth-order valence-electron chi connectivity index (χ4n) is 7.84. The van der Waals surface area contributed by atoms with E-state index in [9.17, 15) is 0 Å². The summed E-state index contributed by atoms with van der Waals surface area (Å²) in [5.74, 6) is 0.